The van der Waals surface area contributed by atoms with Gasteiger partial charge in [-0.15, -0.1) is 0 Å². The van der Waals surface area contributed by atoms with Gasteiger partial charge in [0, 0.05) is 12.7 Å². The fourth-order valence-electron chi connectivity index (χ4n) is 1.52. The molecule has 0 aliphatic heterocycles. The van der Waals surface area contributed by atoms with E-state index >= 15 is 0 Å². The van der Waals surface area contributed by atoms with E-state index in [0.717, 1.165) is 11.3 Å². The maximum absolute atomic E-state index is 12.0. The van der Waals surface area contributed by atoms with Crippen LogP contribution in [-0.4, -0.2) is 32.5 Å². The van der Waals surface area contributed by atoms with E-state index in [4.69, 9.17) is 4.74 Å². The second kappa shape index (κ2) is 8.58. The van der Waals surface area contributed by atoms with Gasteiger partial charge in [0.2, 0.25) is 0 Å². The first-order chi connectivity index (χ1) is 10.1. The summed E-state index contributed by atoms with van der Waals surface area (Å²) in [5, 5.41) is 2.82. The number of nitrogens with one attached hydrogen (secondary N) is 1. The van der Waals surface area contributed by atoms with Gasteiger partial charge in [-0.05, 0) is 30.7 Å². The lowest BCUT2D eigenvalue weighted by molar-refractivity contribution is -0.137. The van der Waals surface area contributed by atoms with Crippen molar-refractivity contribution in [3.8, 4) is 5.75 Å². The summed E-state index contributed by atoms with van der Waals surface area (Å²) in [6.45, 7) is 2.47. The Balaban J connectivity index is 2.84. The lowest BCUT2D eigenvalue weighted by Crippen LogP contribution is -2.17. The van der Waals surface area contributed by atoms with Gasteiger partial charge in [-0.3, -0.25) is 4.79 Å². The van der Waals surface area contributed by atoms with Gasteiger partial charge in [0.25, 0.3) is 0 Å². The summed E-state index contributed by atoms with van der Waals surface area (Å²) in [6, 6.07) is 7.21. The van der Waals surface area contributed by atoms with Gasteiger partial charge in [0.1, 0.15) is 11.3 Å². The number of carbonyl (C=O) groups excluding carboxylic acids is 2. The number of allylic oxidation sites excluding steroid dienone is 1. The van der Waals surface area contributed by atoms with Crippen LogP contribution in [0, 0.1) is 0 Å². The fourth-order valence-corrected chi connectivity index (χ4v) is 1.52. The van der Waals surface area contributed by atoms with Crippen LogP contribution >= 0.6 is 0 Å². The molecule has 5 heteroatoms. The van der Waals surface area contributed by atoms with E-state index in [9.17, 15) is 9.59 Å². The number of ether oxygens (including phenoxy) is 2. The summed E-state index contributed by atoms with van der Waals surface area (Å²) in [5.74, 6) is -0.347. The van der Waals surface area contributed by atoms with Crippen molar-refractivity contribution in [2.24, 2.45) is 0 Å². The van der Waals surface area contributed by atoms with Crippen LogP contribution in [0.4, 0.5) is 0 Å². The zero-order valence-corrected chi connectivity index (χ0v) is 12.4. The highest BCUT2D eigenvalue weighted by Crippen LogP contribution is 2.12. The van der Waals surface area contributed by atoms with Crippen LogP contribution in [-0.2, 0) is 14.3 Å². The lowest BCUT2D eigenvalue weighted by atomic mass is 10.1. The smallest absolute Gasteiger partial charge is 0.343 e. The van der Waals surface area contributed by atoms with E-state index in [-0.39, 0.29) is 5.57 Å². The molecule has 0 aliphatic carbocycles. The Morgan fingerprint density at radius 1 is 1.19 bits per heavy atom. The Hall–Kier alpha value is -2.56. The predicted molar refractivity (Wildman–Crippen MR) is 80.8 cm³/mol. The molecule has 112 valence electrons. The average molecular weight is 289 g/mol. The summed E-state index contributed by atoms with van der Waals surface area (Å²) >= 11 is 0. The minimum atomic E-state index is -0.666. The first-order valence-corrected chi connectivity index (χ1v) is 6.50. The molecule has 1 aromatic carbocycles. The Bertz CT molecular complexity index is 544. The summed E-state index contributed by atoms with van der Waals surface area (Å²) in [5.41, 5.74) is 0.793. The first-order valence-electron chi connectivity index (χ1n) is 6.50. The molecule has 0 saturated carbocycles. The third-order valence-electron chi connectivity index (χ3n) is 2.66. The molecule has 0 aromatic heterocycles. The molecule has 0 atom stereocenters. The molecule has 0 saturated heterocycles. The van der Waals surface area contributed by atoms with E-state index in [1.807, 2.05) is 19.1 Å². The van der Waals surface area contributed by atoms with Crippen molar-refractivity contribution in [2.45, 2.75) is 6.92 Å². The van der Waals surface area contributed by atoms with E-state index in [0.29, 0.717) is 6.54 Å². The summed E-state index contributed by atoms with van der Waals surface area (Å²) in [6.07, 6.45) is 4.33. The molecule has 0 heterocycles. The number of rotatable bonds is 7. The second-order valence-corrected chi connectivity index (χ2v) is 4.08. The van der Waals surface area contributed by atoms with E-state index in [1.165, 1.54) is 19.4 Å². The van der Waals surface area contributed by atoms with E-state index in [2.05, 4.69) is 10.1 Å². The standard InChI is InChI=1S/C16H19NO4/c1-4-17-11-14(16(19)21-3)15(18)10-7-12-5-8-13(20-2)9-6-12/h5-11,17H,4H2,1-3H3/b10-7+,14-11-. The molecule has 21 heavy (non-hydrogen) atoms. The Labute approximate surface area is 124 Å². The molecule has 0 unspecified atom stereocenters. The van der Waals surface area contributed by atoms with Crippen LogP contribution in [0.5, 0.6) is 5.75 Å². The molecule has 0 bridgehead atoms. The maximum Gasteiger partial charge on any atom is 0.343 e. The maximum atomic E-state index is 12.0. The molecule has 0 aliphatic rings. The lowest BCUT2D eigenvalue weighted by Gasteiger charge is -2.03. The van der Waals surface area contributed by atoms with Gasteiger partial charge in [-0.25, -0.2) is 4.79 Å². The van der Waals surface area contributed by atoms with Crippen molar-refractivity contribution in [3.05, 3.63) is 47.7 Å². The van der Waals surface area contributed by atoms with Crippen molar-refractivity contribution in [3.63, 3.8) is 0 Å². The van der Waals surface area contributed by atoms with Gasteiger partial charge in [0.15, 0.2) is 5.78 Å². The second-order valence-electron chi connectivity index (χ2n) is 4.08. The molecule has 1 rings (SSSR count). The minimum absolute atomic E-state index is 0.0379. The summed E-state index contributed by atoms with van der Waals surface area (Å²) in [4.78, 5) is 23.6. The molecular weight excluding hydrogens is 270 g/mol. The van der Waals surface area contributed by atoms with Crippen molar-refractivity contribution in [1.29, 1.82) is 0 Å². The van der Waals surface area contributed by atoms with Crippen LogP contribution in [0.15, 0.2) is 42.1 Å². The van der Waals surface area contributed by atoms with Gasteiger partial charge >= 0.3 is 5.97 Å². The Morgan fingerprint density at radius 2 is 1.86 bits per heavy atom. The highest BCUT2D eigenvalue weighted by atomic mass is 16.5. The Morgan fingerprint density at radius 3 is 2.38 bits per heavy atom. The molecule has 5 nitrogen and oxygen atoms in total. The number of hydrogen-bond donors (Lipinski definition) is 1. The normalized spacial score (nSPS) is 11.3. The SMILES string of the molecule is CCN/C=C(/C(=O)/C=C/c1ccc(OC)cc1)C(=O)OC. The van der Waals surface area contributed by atoms with E-state index < -0.39 is 11.8 Å². The van der Waals surface area contributed by atoms with Crippen LogP contribution in [0.2, 0.25) is 0 Å². The van der Waals surface area contributed by atoms with Crippen LogP contribution in [0.1, 0.15) is 12.5 Å². The highest BCUT2D eigenvalue weighted by Gasteiger charge is 2.16. The topological polar surface area (TPSA) is 64.6 Å². The van der Waals surface area contributed by atoms with Gasteiger partial charge in [0.05, 0.1) is 14.2 Å². The molecule has 0 fully saturated rings. The van der Waals surface area contributed by atoms with Crippen molar-refractivity contribution in [2.75, 3.05) is 20.8 Å². The number of benzene rings is 1. The zero-order chi connectivity index (χ0) is 15.7. The molecule has 1 aromatic rings. The fraction of sp³-hybridized carbons (Fsp3) is 0.250. The number of ketones is 1. The molecular formula is C16H19NO4. The first kappa shape index (κ1) is 16.5. The third kappa shape index (κ3) is 5.14. The molecule has 0 spiro atoms. The summed E-state index contributed by atoms with van der Waals surface area (Å²) in [7, 11) is 2.82. The van der Waals surface area contributed by atoms with Gasteiger partial charge in [-0.1, -0.05) is 18.2 Å². The number of methoxy groups -OCH3 is 2. The van der Waals surface area contributed by atoms with Crippen LogP contribution in [0.3, 0.4) is 0 Å². The van der Waals surface area contributed by atoms with Gasteiger partial charge in [-0.2, -0.15) is 0 Å². The average Bonchev–Trinajstić information content (AvgIpc) is 2.53. The highest BCUT2D eigenvalue weighted by molar-refractivity contribution is 6.22. The largest absolute Gasteiger partial charge is 0.497 e. The molecule has 0 radical (unpaired) electrons. The third-order valence-corrected chi connectivity index (χ3v) is 2.66. The zero-order valence-electron chi connectivity index (χ0n) is 12.4. The number of hydrogen-bond acceptors (Lipinski definition) is 5. The molecule has 1 N–H and O–H groups in total. The van der Waals surface area contributed by atoms with Crippen LogP contribution < -0.4 is 10.1 Å². The van der Waals surface area contributed by atoms with Crippen LogP contribution in [0.25, 0.3) is 6.08 Å². The number of esters is 1. The van der Waals surface area contributed by atoms with Gasteiger partial charge < -0.3 is 14.8 Å². The van der Waals surface area contributed by atoms with Crippen molar-refractivity contribution >= 4 is 17.8 Å². The Kier molecular flexibility index (Phi) is 6.74. The van der Waals surface area contributed by atoms with E-state index in [1.54, 1.807) is 25.3 Å². The van der Waals surface area contributed by atoms with Crippen molar-refractivity contribution in [1.82, 2.24) is 5.32 Å². The minimum Gasteiger partial charge on any atom is -0.497 e. The monoisotopic (exact) mass is 289 g/mol. The predicted octanol–water partition coefficient (Wildman–Crippen LogP) is 1.94. The van der Waals surface area contributed by atoms with Crippen molar-refractivity contribution < 1.29 is 19.1 Å². The summed E-state index contributed by atoms with van der Waals surface area (Å²) < 4.78 is 9.65. The molecule has 0 amide bonds. The number of carbonyl (C=O) groups is 2. The quantitative estimate of drug-likeness (QED) is 0.360.